The molecule has 1 rings (SSSR count). The molecule has 0 aliphatic carbocycles. The van der Waals surface area contributed by atoms with Gasteiger partial charge >= 0.3 is 0 Å². The summed E-state index contributed by atoms with van der Waals surface area (Å²) in [6.45, 7) is 4.74. The number of unbranched alkanes of at least 4 members (excludes halogenated alkanes) is 2. The summed E-state index contributed by atoms with van der Waals surface area (Å²) in [7, 11) is 0. The van der Waals surface area contributed by atoms with Gasteiger partial charge in [0.15, 0.2) is 4.34 Å². The molecule has 96 valence electrons. The monoisotopic (exact) mass is 274 g/mol. The molecule has 1 heterocycles. The van der Waals surface area contributed by atoms with Gasteiger partial charge in [-0.1, -0.05) is 42.9 Å². The molecule has 0 aliphatic rings. The van der Waals surface area contributed by atoms with Gasteiger partial charge in [0.25, 0.3) is 0 Å². The molecule has 0 radical (unpaired) electrons. The van der Waals surface area contributed by atoms with Crippen LogP contribution in [-0.4, -0.2) is 27.9 Å². The Morgan fingerprint density at radius 3 is 2.88 bits per heavy atom. The summed E-state index contributed by atoms with van der Waals surface area (Å²) >= 11 is 2.69. The van der Waals surface area contributed by atoms with Gasteiger partial charge in [-0.2, -0.15) is 0 Å². The van der Waals surface area contributed by atoms with E-state index in [1.165, 1.54) is 23.1 Å². The summed E-state index contributed by atoms with van der Waals surface area (Å²) in [6, 6.07) is 0. The van der Waals surface area contributed by atoms with Crippen LogP contribution in [0.3, 0.4) is 0 Å². The minimum atomic E-state index is -0.163. The second-order valence-electron chi connectivity index (χ2n) is 3.66. The second-order valence-corrected chi connectivity index (χ2v) is 6.26. The van der Waals surface area contributed by atoms with Crippen molar-refractivity contribution in [2.75, 3.05) is 12.3 Å². The largest absolute Gasteiger partial charge is 0.374 e. The van der Waals surface area contributed by atoms with Crippen LogP contribution in [0.15, 0.2) is 4.34 Å². The molecule has 0 spiro atoms. The predicted molar refractivity (Wildman–Crippen MR) is 72.2 cm³/mol. The van der Waals surface area contributed by atoms with Gasteiger partial charge in [0, 0.05) is 6.54 Å². The number of anilines is 1. The van der Waals surface area contributed by atoms with Crippen LogP contribution >= 0.6 is 23.1 Å². The highest BCUT2D eigenvalue weighted by atomic mass is 32.2. The van der Waals surface area contributed by atoms with Gasteiger partial charge in [-0.25, -0.2) is 0 Å². The summed E-state index contributed by atoms with van der Waals surface area (Å²) in [4.78, 5) is 11.7. The zero-order valence-electron chi connectivity index (χ0n) is 10.1. The maximum atomic E-state index is 11.7. The van der Waals surface area contributed by atoms with Crippen LogP contribution < -0.4 is 11.1 Å². The Bertz CT molecular complexity index is 356. The molecule has 0 aliphatic heterocycles. The summed E-state index contributed by atoms with van der Waals surface area (Å²) < 4.78 is 0.735. The fraction of sp³-hybridized carbons (Fsp3) is 0.700. The van der Waals surface area contributed by atoms with Gasteiger partial charge in [0.05, 0.1) is 5.25 Å². The fourth-order valence-corrected chi connectivity index (χ4v) is 3.01. The van der Waals surface area contributed by atoms with Crippen molar-refractivity contribution in [1.82, 2.24) is 15.5 Å². The van der Waals surface area contributed by atoms with Gasteiger partial charge in [-0.05, 0) is 13.3 Å². The molecular weight excluding hydrogens is 256 g/mol. The molecule has 1 aromatic heterocycles. The van der Waals surface area contributed by atoms with Gasteiger partial charge in [0.1, 0.15) is 0 Å². The van der Waals surface area contributed by atoms with E-state index >= 15 is 0 Å². The third-order valence-corrected chi connectivity index (χ3v) is 4.09. The molecule has 5 nitrogen and oxygen atoms in total. The highest BCUT2D eigenvalue weighted by Crippen LogP contribution is 2.27. The normalized spacial score (nSPS) is 12.4. The Balaban J connectivity index is 2.27. The van der Waals surface area contributed by atoms with E-state index in [4.69, 9.17) is 5.73 Å². The molecule has 1 unspecified atom stereocenters. The average Bonchev–Trinajstić information content (AvgIpc) is 2.70. The van der Waals surface area contributed by atoms with Crippen molar-refractivity contribution < 1.29 is 4.79 Å². The lowest BCUT2D eigenvalue weighted by atomic mass is 10.2. The van der Waals surface area contributed by atoms with E-state index in [2.05, 4.69) is 22.4 Å². The molecule has 17 heavy (non-hydrogen) atoms. The first-order valence-corrected chi connectivity index (χ1v) is 7.36. The number of nitrogen functional groups attached to an aromatic ring is 1. The van der Waals surface area contributed by atoms with Gasteiger partial charge in [0.2, 0.25) is 11.0 Å². The van der Waals surface area contributed by atoms with Crippen molar-refractivity contribution in [1.29, 1.82) is 0 Å². The quantitative estimate of drug-likeness (QED) is 0.586. The summed E-state index contributed by atoms with van der Waals surface area (Å²) in [5.41, 5.74) is 5.47. The number of amides is 1. The molecule has 3 N–H and O–H groups in total. The Labute approximate surface area is 110 Å². The van der Waals surface area contributed by atoms with Gasteiger partial charge in [-0.15, -0.1) is 10.2 Å². The topological polar surface area (TPSA) is 80.9 Å². The molecule has 7 heteroatoms. The van der Waals surface area contributed by atoms with E-state index in [1.54, 1.807) is 0 Å². The van der Waals surface area contributed by atoms with Crippen LogP contribution in [0.1, 0.15) is 33.1 Å². The van der Waals surface area contributed by atoms with Crippen LogP contribution in [0.2, 0.25) is 0 Å². The van der Waals surface area contributed by atoms with E-state index in [9.17, 15) is 4.79 Å². The zero-order valence-corrected chi connectivity index (χ0v) is 11.7. The van der Waals surface area contributed by atoms with E-state index in [0.29, 0.717) is 5.13 Å². The number of hydrogen-bond acceptors (Lipinski definition) is 6. The molecular formula is C10H18N4OS2. The van der Waals surface area contributed by atoms with Gasteiger partial charge < -0.3 is 11.1 Å². The number of hydrogen-bond donors (Lipinski definition) is 2. The SMILES string of the molecule is CCCCCNC(=O)C(C)Sc1nnc(N)s1. The summed E-state index contributed by atoms with van der Waals surface area (Å²) in [5, 5.41) is 10.8. The molecule has 0 saturated heterocycles. The highest BCUT2D eigenvalue weighted by molar-refractivity contribution is 8.02. The second kappa shape index (κ2) is 7.50. The lowest BCUT2D eigenvalue weighted by Crippen LogP contribution is -2.31. The smallest absolute Gasteiger partial charge is 0.233 e. The lowest BCUT2D eigenvalue weighted by molar-refractivity contribution is -0.120. The molecule has 0 fully saturated rings. The zero-order chi connectivity index (χ0) is 12.7. The lowest BCUT2D eigenvalue weighted by Gasteiger charge is -2.09. The number of carbonyl (C=O) groups excluding carboxylic acids is 1. The molecule has 1 atom stereocenters. The van der Waals surface area contributed by atoms with Crippen LogP contribution in [-0.2, 0) is 4.79 Å². The molecule has 0 saturated carbocycles. The van der Waals surface area contributed by atoms with Crippen molar-refractivity contribution >= 4 is 34.1 Å². The van der Waals surface area contributed by atoms with Crippen molar-refractivity contribution in [3.05, 3.63) is 0 Å². The number of nitrogens with zero attached hydrogens (tertiary/aromatic N) is 2. The Hall–Kier alpha value is -0.820. The predicted octanol–water partition coefficient (Wildman–Crippen LogP) is 1.91. The number of aromatic nitrogens is 2. The number of carbonyl (C=O) groups is 1. The van der Waals surface area contributed by atoms with Crippen molar-refractivity contribution in [2.45, 2.75) is 42.7 Å². The van der Waals surface area contributed by atoms with Crippen LogP contribution in [0.4, 0.5) is 5.13 Å². The third kappa shape index (κ3) is 5.36. The number of nitrogens with one attached hydrogen (secondary N) is 1. The van der Waals surface area contributed by atoms with Crippen molar-refractivity contribution in [3.8, 4) is 0 Å². The van der Waals surface area contributed by atoms with E-state index in [-0.39, 0.29) is 11.2 Å². The van der Waals surface area contributed by atoms with Crippen LogP contribution in [0.5, 0.6) is 0 Å². The number of nitrogens with two attached hydrogens (primary N) is 1. The first-order chi connectivity index (χ1) is 8.13. The first-order valence-electron chi connectivity index (χ1n) is 5.66. The van der Waals surface area contributed by atoms with Gasteiger partial charge in [-0.3, -0.25) is 4.79 Å². The standard InChI is InChI=1S/C10H18N4OS2/c1-3-4-5-6-12-8(15)7(2)16-10-14-13-9(11)17-10/h7H,3-6H2,1-2H3,(H2,11,13)(H,12,15). The summed E-state index contributed by atoms with van der Waals surface area (Å²) in [5.74, 6) is 0.0416. The Kier molecular flexibility index (Phi) is 6.28. The van der Waals surface area contributed by atoms with Crippen molar-refractivity contribution in [2.24, 2.45) is 0 Å². The average molecular weight is 274 g/mol. The first kappa shape index (κ1) is 14.2. The highest BCUT2D eigenvalue weighted by Gasteiger charge is 2.16. The Morgan fingerprint density at radius 2 is 2.29 bits per heavy atom. The molecule has 0 aromatic carbocycles. The van der Waals surface area contributed by atoms with Crippen molar-refractivity contribution in [3.63, 3.8) is 0 Å². The number of thioether (sulfide) groups is 1. The maximum absolute atomic E-state index is 11.7. The van der Waals surface area contributed by atoms with Crippen LogP contribution in [0.25, 0.3) is 0 Å². The van der Waals surface area contributed by atoms with Crippen LogP contribution in [0, 0.1) is 0 Å². The molecule has 1 amide bonds. The molecule has 0 bridgehead atoms. The minimum absolute atomic E-state index is 0.0416. The maximum Gasteiger partial charge on any atom is 0.233 e. The Morgan fingerprint density at radius 1 is 1.53 bits per heavy atom. The minimum Gasteiger partial charge on any atom is -0.374 e. The summed E-state index contributed by atoms with van der Waals surface area (Å²) in [6.07, 6.45) is 3.34. The van der Waals surface area contributed by atoms with E-state index in [0.717, 1.165) is 30.1 Å². The van der Waals surface area contributed by atoms with E-state index in [1.807, 2.05) is 6.92 Å². The van der Waals surface area contributed by atoms with E-state index < -0.39 is 0 Å². The number of rotatable bonds is 7. The molecule has 1 aromatic rings. The fourth-order valence-electron chi connectivity index (χ4n) is 1.20. The third-order valence-electron chi connectivity index (χ3n) is 2.15.